The summed E-state index contributed by atoms with van der Waals surface area (Å²) in [4.78, 5) is 22.2. The van der Waals surface area contributed by atoms with Gasteiger partial charge in [-0.3, -0.25) is 0 Å². The molecule has 1 saturated heterocycles. The zero-order valence-corrected chi connectivity index (χ0v) is 10.3. The topological polar surface area (TPSA) is 87.7 Å². The minimum absolute atomic E-state index is 0.225. The third-order valence-electron chi connectivity index (χ3n) is 2.74. The van der Waals surface area contributed by atoms with Gasteiger partial charge in [0.05, 0.1) is 6.10 Å². The average Bonchev–Trinajstić information content (AvgIpc) is 2.69. The lowest BCUT2D eigenvalue weighted by atomic mass is 10.1. The highest BCUT2D eigenvalue weighted by atomic mass is 16.5. The van der Waals surface area contributed by atoms with E-state index in [0.29, 0.717) is 6.54 Å². The SMILES string of the molecule is CC(C)(NC(=O)NCCC1CCCO1)C(=O)O. The molecule has 0 saturated carbocycles. The second kappa shape index (κ2) is 5.86. The van der Waals surface area contributed by atoms with Crippen molar-refractivity contribution >= 4 is 12.0 Å². The number of carbonyl (C=O) groups is 2. The Balaban J connectivity index is 2.18. The zero-order chi connectivity index (χ0) is 12.9. The first kappa shape index (κ1) is 13.8. The van der Waals surface area contributed by atoms with Crippen molar-refractivity contribution in [3.8, 4) is 0 Å². The Morgan fingerprint density at radius 2 is 2.18 bits per heavy atom. The van der Waals surface area contributed by atoms with Crippen molar-refractivity contribution in [1.29, 1.82) is 0 Å². The van der Waals surface area contributed by atoms with Crippen LogP contribution in [-0.2, 0) is 9.53 Å². The van der Waals surface area contributed by atoms with Gasteiger partial charge in [0.15, 0.2) is 0 Å². The molecule has 0 spiro atoms. The van der Waals surface area contributed by atoms with E-state index >= 15 is 0 Å². The molecule has 0 aliphatic carbocycles. The summed E-state index contributed by atoms with van der Waals surface area (Å²) >= 11 is 0. The van der Waals surface area contributed by atoms with Crippen LogP contribution in [0.5, 0.6) is 0 Å². The first-order chi connectivity index (χ1) is 7.92. The lowest BCUT2D eigenvalue weighted by molar-refractivity contribution is -0.142. The van der Waals surface area contributed by atoms with Gasteiger partial charge in [0.1, 0.15) is 5.54 Å². The third-order valence-corrected chi connectivity index (χ3v) is 2.74. The number of hydrogen-bond acceptors (Lipinski definition) is 3. The molecule has 1 aliphatic heterocycles. The molecule has 1 unspecified atom stereocenters. The van der Waals surface area contributed by atoms with Crippen LogP contribution in [0.1, 0.15) is 33.1 Å². The predicted molar refractivity (Wildman–Crippen MR) is 61.8 cm³/mol. The molecule has 1 heterocycles. The van der Waals surface area contributed by atoms with E-state index in [1.165, 1.54) is 13.8 Å². The van der Waals surface area contributed by atoms with Crippen molar-refractivity contribution in [2.24, 2.45) is 0 Å². The number of rotatable bonds is 5. The number of hydrogen-bond donors (Lipinski definition) is 3. The summed E-state index contributed by atoms with van der Waals surface area (Å²) in [5, 5.41) is 13.8. The highest BCUT2D eigenvalue weighted by Gasteiger charge is 2.28. The van der Waals surface area contributed by atoms with Crippen LogP contribution < -0.4 is 10.6 Å². The molecule has 3 N–H and O–H groups in total. The van der Waals surface area contributed by atoms with Crippen LogP contribution in [0.2, 0.25) is 0 Å². The van der Waals surface area contributed by atoms with E-state index in [1.54, 1.807) is 0 Å². The largest absolute Gasteiger partial charge is 0.480 e. The summed E-state index contributed by atoms with van der Waals surface area (Å²) in [5.41, 5.74) is -1.26. The molecule has 1 rings (SSSR count). The maximum atomic E-state index is 11.4. The molecule has 98 valence electrons. The van der Waals surface area contributed by atoms with E-state index in [0.717, 1.165) is 25.9 Å². The summed E-state index contributed by atoms with van der Waals surface area (Å²) in [6.07, 6.45) is 3.09. The molecule has 0 aromatic carbocycles. The quantitative estimate of drug-likeness (QED) is 0.665. The zero-order valence-electron chi connectivity index (χ0n) is 10.3. The van der Waals surface area contributed by atoms with Crippen molar-refractivity contribution in [1.82, 2.24) is 10.6 Å². The van der Waals surface area contributed by atoms with E-state index in [1.807, 2.05) is 0 Å². The van der Waals surface area contributed by atoms with Gasteiger partial charge in [0, 0.05) is 13.2 Å². The van der Waals surface area contributed by atoms with Crippen LogP contribution in [-0.4, -0.2) is 41.9 Å². The van der Waals surface area contributed by atoms with Crippen LogP contribution in [0.4, 0.5) is 4.79 Å². The molecule has 6 nitrogen and oxygen atoms in total. The summed E-state index contributed by atoms with van der Waals surface area (Å²) in [6, 6.07) is -0.463. The van der Waals surface area contributed by atoms with Crippen molar-refractivity contribution in [3.63, 3.8) is 0 Å². The number of aliphatic carboxylic acids is 1. The van der Waals surface area contributed by atoms with Crippen molar-refractivity contribution in [2.45, 2.75) is 44.8 Å². The van der Waals surface area contributed by atoms with Crippen molar-refractivity contribution < 1.29 is 19.4 Å². The number of ether oxygens (including phenoxy) is 1. The number of carbonyl (C=O) groups excluding carboxylic acids is 1. The highest BCUT2D eigenvalue weighted by Crippen LogP contribution is 2.14. The lowest BCUT2D eigenvalue weighted by Crippen LogP contribution is -2.53. The molecule has 0 aromatic heterocycles. The number of nitrogens with one attached hydrogen (secondary N) is 2. The van der Waals surface area contributed by atoms with Crippen LogP contribution >= 0.6 is 0 Å². The van der Waals surface area contributed by atoms with E-state index in [-0.39, 0.29) is 6.10 Å². The fraction of sp³-hybridized carbons (Fsp3) is 0.818. The number of carboxylic acids is 1. The Hall–Kier alpha value is -1.30. The molecule has 6 heteroatoms. The molecular weight excluding hydrogens is 224 g/mol. The first-order valence-corrected chi connectivity index (χ1v) is 5.83. The Labute approximate surface area is 101 Å². The van der Waals surface area contributed by atoms with Crippen LogP contribution in [0.15, 0.2) is 0 Å². The molecule has 17 heavy (non-hydrogen) atoms. The first-order valence-electron chi connectivity index (χ1n) is 5.83. The van der Waals surface area contributed by atoms with Gasteiger partial charge in [0.25, 0.3) is 0 Å². The smallest absolute Gasteiger partial charge is 0.328 e. The van der Waals surface area contributed by atoms with Crippen LogP contribution in [0.3, 0.4) is 0 Å². The fourth-order valence-corrected chi connectivity index (χ4v) is 1.60. The van der Waals surface area contributed by atoms with Gasteiger partial charge >= 0.3 is 12.0 Å². The maximum Gasteiger partial charge on any atom is 0.328 e. The van der Waals surface area contributed by atoms with E-state index in [2.05, 4.69) is 10.6 Å². The number of urea groups is 1. The highest BCUT2D eigenvalue weighted by molar-refractivity contribution is 5.85. The van der Waals surface area contributed by atoms with E-state index in [9.17, 15) is 9.59 Å². The van der Waals surface area contributed by atoms with Gasteiger partial charge in [-0.1, -0.05) is 0 Å². The second-order valence-corrected chi connectivity index (χ2v) is 4.73. The normalized spacial score (nSPS) is 20.0. The Morgan fingerprint density at radius 1 is 1.47 bits per heavy atom. The minimum atomic E-state index is -1.26. The molecular formula is C11H20N2O4. The van der Waals surface area contributed by atoms with Gasteiger partial charge in [0.2, 0.25) is 0 Å². The van der Waals surface area contributed by atoms with Gasteiger partial charge in [-0.15, -0.1) is 0 Å². The van der Waals surface area contributed by atoms with Gasteiger partial charge < -0.3 is 20.5 Å². The molecule has 1 atom stereocenters. The monoisotopic (exact) mass is 244 g/mol. The molecule has 2 amide bonds. The van der Waals surface area contributed by atoms with Gasteiger partial charge in [-0.2, -0.15) is 0 Å². The summed E-state index contributed by atoms with van der Waals surface area (Å²) in [6.45, 7) is 4.17. The second-order valence-electron chi connectivity index (χ2n) is 4.73. The predicted octanol–water partition coefficient (Wildman–Crippen LogP) is 0.718. The summed E-state index contributed by atoms with van der Waals surface area (Å²) in [5.74, 6) is -1.06. The third kappa shape index (κ3) is 4.60. The maximum absolute atomic E-state index is 11.4. The van der Waals surface area contributed by atoms with E-state index in [4.69, 9.17) is 9.84 Å². The van der Waals surface area contributed by atoms with E-state index < -0.39 is 17.5 Å². The minimum Gasteiger partial charge on any atom is -0.480 e. The van der Waals surface area contributed by atoms with Crippen LogP contribution in [0, 0.1) is 0 Å². The molecule has 1 fully saturated rings. The lowest BCUT2D eigenvalue weighted by Gasteiger charge is -2.21. The van der Waals surface area contributed by atoms with Crippen molar-refractivity contribution in [2.75, 3.05) is 13.2 Å². The standard InChI is InChI=1S/C11H20N2O4/c1-11(2,9(14)15)13-10(16)12-6-5-8-4-3-7-17-8/h8H,3-7H2,1-2H3,(H,14,15)(H2,12,13,16). The summed E-state index contributed by atoms with van der Waals surface area (Å²) < 4.78 is 5.41. The summed E-state index contributed by atoms with van der Waals surface area (Å²) in [7, 11) is 0. The van der Waals surface area contributed by atoms with Gasteiger partial charge in [-0.05, 0) is 33.1 Å². The number of amides is 2. The molecule has 0 aromatic rings. The Bertz CT molecular complexity index is 285. The molecule has 0 radical (unpaired) electrons. The average molecular weight is 244 g/mol. The van der Waals surface area contributed by atoms with Crippen molar-refractivity contribution in [3.05, 3.63) is 0 Å². The number of carboxylic acid groups (broad SMARTS) is 1. The van der Waals surface area contributed by atoms with Crippen LogP contribution in [0.25, 0.3) is 0 Å². The molecule has 0 bridgehead atoms. The Morgan fingerprint density at radius 3 is 2.71 bits per heavy atom. The fourth-order valence-electron chi connectivity index (χ4n) is 1.60. The molecule has 1 aliphatic rings. The Kier molecular flexibility index (Phi) is 4.74. The van der Waals surface area contributed by atoms with Gasteiger partial charge in [-0.25, -0.2) is 9.59 Å².